The second kappa shape index (κ2) is 10.2. The average molecular weight is 553 g/mol. The Kier molecular flexibility index (Phi) is 7.13. The highest BCUT2D eigenvalue weighted by Crippen LogP contribution is 2.31. The predicted molar refractivity (Wildman–Crippen MR) is 138 cm³/mol. The Morgan fingerprint density at radius 3 is 2.55 bits per heavy atom. The van der Waals surface area contributed by atoms with Gasteiger partial charge in [-0.1, -0.05) is 30.3 Å². The monoisotopic (exact) mass is 553 g/mol. The fraction of sp³-hybridized carbons (Fsp3) is 0.185. The summed E-state index contributed by atoms with van der Waals surface area (Å²) >= 11 is 2.27. The molecule has 0 radical (unpaired) electrons. The van der Waals surface area contributed by atoms with Gasteiger partial charge in [0.15, 0.2) is 17.2 Å². The molecule has 6 heteroatoms. The molecule has 0 unspecified atom stereocenters. The van der Waals surface area contributed by atoms with Crippen molar-refractivity contribution in [3.05, 3.63) is 97.7 Å². The van der Waals surface area contributed by atoms with Gasteiger partial charge in [0, 0.05) is 9.13 Å². The van der Waals surface area contributed by atoms with Crippen LogP contribution < -0.4 is 9.47 Å². The number of hydrogen-bond acceptors (Lipinski definition) is 5. The third kappa shape index (κ3) is 5.45. The zero-order valence-electron chi connectivity index (χ0n) is 18.7. The van der Waals surface area contributed by atoms with Crippen molar-refractivity contribution in [1.82, 2.24) is 0 Å². The first-order valence-corrected chi connectivity index (χ1v) is 11.8. The Balaban J connectivity index is 1.57. The molecular weight excluding hydrogens is 529 g/mol. The van der Waals surface area contributed by atoms with E-state index in [1.165, 1.54) is 5.56 Å². The van der Waals surface area contributed by atoms with Gasteiger partial charge in [-0.05, 0) is 102 Å². The molecule has 0 bridgehead atoms. The van der Waals surface area contributed by atoms with Crippen LogP contribution in [0.3, 0.4) is 0 Å². The first-order valence-electron chi connectivity index (χ1n) is 10.7. The maximum Gasteiger partial charge on any atom is 0.363 e. The first kappa shape index (κ1) is 23.0. The number of rotatable bonds is 7. The van der Waals surface area contributed by atoms with Crippen LogP contribution in [0, 0.1) is 17.4 Å². The molecule has 0 amide bonds. The van der Waals surface area contributed by atoms with Gasteiger partial charge in [-0.15, -0.1) is 0 Å². The number of aliphatic imine (C=N–C) groups is 1. The van der Waals surface area contributed by atoms with Crippen LogP contribution in [0.1, 0.15) is 34.7 Å². The van der Waals surface area contributed by atoms with Gasteiger partial charge in [-0.25, -0.2) is 9.79 Å². The van der Waals surface area contributed by atoms with E-state index < -0.39 is 5.97 Å². The molecule has 3 aromatic rings. The number of aryl methyl sites for hydroxylation is 2. The van der Waals surface area contributed by atoms with Crippen LogP contribution in [0.2, 0.25) is 0 Å². The van der Waals surface area contributed by atoms with Crippen LogP contribution in [0.15, 0.2) is 71.4 Å². The fourth-order valence-corrected chi connectivity index (χ4v) is 3.73. The van der Waals surface area contributed by atoms with E-state index in [1.807, 2.05) is 68.4 Å². The van der Waals surface area contributed by atoms with Crippen LogP contribution >= 0.6 is 22.6 Å². The Morgan fingerprint density at radius 1 is 0.970 bits per heavy atom. The molecule has 0 aromatic heterocycles. The lowest BCUT2D eigenvalue weighted by atomic mass is 10.1. The van der Waals surface area contributed by atoms with E-state index >= 15 is 0 Å². The highest BCUT2D eigenvalue weighted by molar-refractivity contribution is 14.1. The lowest BCUT2D eigenvalue weighted by Crippen LogP contribution is -2.05. The summed E-state index contributed by atoms with van der Waals surface area (Å²) < 4.78 is 18.4. The highest BCUT2D eigenvalue weighted by atomic mass is 127. The number of cyclic esters (lactones) is 1. The summed E-state index contributed by atoms with van der Waals surface area (Å²) in [5.74, 6) is 1.10. The minimum Gasteiger partial charge on any atom is -0.490 e. The number of esters is 1. The van der Waals surface area contributed by atoms with E-state index in [-0.39, 0.29) is 5.70 Å². The summed E-state index contributed by atoms with van der Waals surface area (Å²) in [6, 6.07) is 19.5. The molecule has 3 aromatic carbocycles. The number of nitrogens with zero attached hydrogens (tertiary/aromatic N) is 1. The Bertz CT molecular complexity index is 1260. The molecule has 33 heavy (non-hydrogen) atoms. The van der Waals surface area contributed by atoms with Crippen molar-refractivity contribution in [2.45, 2.75) is 27.4 Å². The lowest BCUT2D eigenvalue weighted by Gasteiger charge is -2.13. The fourth-order valence-electron chi connectivity index (χ4n) is 3.40. The molecule has 1 heterocycles. The van der Waals surface area contributed by atoms with Crippen molar-refractivity contribution in [1.29, 1.82) is 0 Å². The van der Waals surface area contributed by atoms with Gasteiger partial charge in [0.1, 0.15) is 6.61 Å². The van der Waals surface area contributed by atoms with Crippen LogP contribution in [0.4, 0.5) is 0 Å². The zero-order chi connectivity index (χ0) is 23.4. The Morgan fingerprint density at radius 2 is 1.79 bits per heavy atom. The van der Waals surface area contributed by atoms with Crippen LogP contribution in [0.5, 0.6) is 11.5 Å². The van der Waals surface area contributed by atoms with Crippen molar-refractivity contribution in [3.63, 3.8) is 0 Å². The molecule has 0 atom stereocenters. The number of ether oxygens (including phenoxy) is 3. The van der Waals surface area contributed by atoms with Gasteiger partial charge in [0.05, 0.1) is 6.61 Å². The zero-order valence-corrected chi connectivity index (χ0v) is 20.9. The SMILES string of the molecule is CCOc1cc(/C=C2\N=C(c3ccc(I)c(C)c3)OC2=O)ccc1OCc1ccccc1C. The number of halogens is 1. The largest absolute Gasteiger partial charge is 0.490 e. The molecule has 1 aliphatic rings. The number of hydrogen-bond donors (Lipinski definition) is 0. The molecule has 4 rings (SSSR count). The molecule has 5 nitrogen and oxygen atoms in total. The second-order valence-electron chi connectivity index (χ2n) is 7.65. The Hall–Kier alpha value is -3.13. The van der Waals surface area contributed by atoms with Crippen molar-refractivity contribution < 1.29 is 19.0 Å². The second-order valence-corrected chi connectivity index (χ2v) is 8.82. The highest BCUT2D eigenvalue weighted by Gasteiger charge is 2.24. The molecule has 0 fully saturated rings. The van der Waals surface area contributed by atoms with Crippen molar-refractivity contribution >= 4 is 40.5 Å². The lowest BCUT2D eigenvalue weighted by molar-refractivity contribution is -0.129. The summed E-state index contributed by atoms with van der Waals surface area (Å²) in [5.41, 5.74) is 5.20. The average Bonchev–Trinajstić information content (AvgIpc) is 3.16. The van der Waals surface area contributed by atoms with Gasteiger partial charge in [0.2, 0.25) is 5.90 Å². The number of benzene rings is 3. The number of carbonyl (C=O) groups is 1. The molecular formula is C27H24INO4. The van der Waals surface area contributed by atoms with Crippen molar-refractivity contribution in [2.24, 2.45) is 4.99 Å². The number of carbonyl (C=O) groups excluding carboxylic acids is 1. The minimum atomic E-state index is -0.473. The summed E-state index contributed by atoms with van der Waals surface area (Å²) in [5, 5.41) is 0. The minimum absolute atomic E-state index is 0.247. The van der Waals surface area contributed by atoms with Gasteiger partial charge in [0.25, 0.3) is 0 Å². The van der Waals surface area contributed by atoms with E-state index in [9.17, 15) is 4.79 Å². The molecule has 0 N–H and O–H groups in total. The van der Waals surface area contributed by atoms with Crippen molar-refractivity contribution in [2.75, 3.05) is 6.61 Å². The third-order valence-electron chi connectivity index (χ3n) is 5.24. The topological polar surface area (TPSA) is 57.1 Å². The van der Waals surface area contributed by atoms with E-state index in [2.05, 4.69) is 40.6 Å². The summed E-state index contributed by atoms with van der Waals surface area (Å²) in [4.78, 5) is 16.8. The van der Waals surface area contributed by atoms with Crippen molar-refractivity contribution in [3.8, 4) is 11.5 Å². The molecule has 0 aliphatic carbocycles. The van der Waals surface area contributed by atoms with Gasteiger partial charge in [-0.3, -0.25) is 0 Å². The predicted octanol–water partition coefficient (Wildman–Crippen LogP) is 6.23. The Labute approximate surface area is 207 Å². The smallest absolute Gasteiger partial charge is 0.363 e. The quantitative estimate of drug-likeness (QED) is 0.198. The molecule has 1 aliphatic heterocycles. The van der Waals surface area contributed by atoms with E-state index in [4.69, 9.17) is 14.2 Å². The maximum atomic E-state index is 12.4. The van der Waals surface area contributed by atoms with Gasteiger partial charge in [-0.2, -0.15) is 0 Å². The summed E-state index contributed by atoms with van der Waals surface area (Å²) in [6.07, 6.45) is 1.70. The maximum absolute atomic E-state index is 12.4. The molecule has 0 saturated carbocycles. The standard InChI is InChI=1S/C27H24INO4/c1-4-31-25-15-19(9-12-24(25)32-16-21-8-6-5-7-17(21)2)14-23-27(30)33-26(29-23)20-10-11-22(28)18(3)13-20/h5-15H,4,16H2,1-3H3/b23-14-. The van der Waals surface area contributed by atoms with Gasteiger partial charge < -0.3 is 14.2 Å². The summed E-state index contributed by atoms with van der Waals surface area (Å²) in [6.45, 7) is 6.94. The van der Waals surface area contributed by atoms with E-state index in [1.54, 1.807) is 6.08 Å². The van der Waals surface area contributed by atoms with Crippen LogP contribution in [0.25, 0.3) is 6.08 Å². The summed E-state index contributed by atoms with van der Waals surface area (Å²) in [7, 11) is 0. The third-order valence-corrected chi connectivity index (χ3v) is 6.45. The van der Waals surface area contributed by atoms with Crippen LogP contribution in [-0.4, -0.2) is 18.5 Å². The molecule has 0 spiro atoms. The van der Waals surface area contributed by atoms with E-state index in [0.29, 0.717) is 30.6 Å². The van der Waals surface area contributed by atoms with E-state index in [0.717, 1.165) is 25.8 Å². The normalized spacial score (nSPS) is 14.2. The molecule has 0 saturated heterocycles. The molecule has 168 valence electrons. The van der Waals surface area contributed by atoms with Gasteiger partial charge >= 0.3 is 5.97 Å². The first-order chi connectivity index (χ1) is 15.9. The van der Waals surface area contributed by atoms with Crippen LogP contribution in [-0.2, 0) is 16.1 Å².